The van der Waals surface area contributed by atoms with Crippen LogP contribution in [0.15, 0.2) is 42.0 Å². The summed E-state index contributed by atoms with van der Waals surface area (Å²) in [6.45, 7) is 7.96. The van der Waals surface area contributed by atoms with Gasteiger partial charge in [0.25, 0.3) is 4.92 Å². The number of hydrogen-bond donors (Lipinski definition) is 2. The maximum absolute atomic E-state index is 14.3. The van der Waals surface area contributed by atoms with Crippen molar-refractivity contribution in [3.05, 3.63) is 63.8 Å². The Balaban J connectivity index is 2.51. The van der Waals surface area contributed by atoms with Crippen LogP contribution in [0.2, 0.25) is 0 Å². The van der Waals surface area contributed by atoms with Gasteiger partial charge in [-0.2, -0.15) is 0 Å². The van der Waals surface area contributed by atoms with Gasteiger partial charge in [0.05, 0.1) is 4.91 Å². The van der Waals surface area contributed by atoms with E-state index in [0.29, 0.717) is 34.4 Å². The van der Waals surface area contributed by atoms with Gasteiger partial charge in [-0.05, 0) is 79.3 Å². The molecule has 0 heterocycles. The lowest BCUT2D eigenvalue weighted by atomic mass is 9.91. The van der Waals surface area contributed by atoms with Crippen molar-refractivity contribution in [2.45, 2.75) is 34.1 Å². The van der Waals surface area contributed by atoms with Crippen molar-refractivity contribution in [3.8, 4) is 11.1 Å². The number of amides is 1. The lowest BCUT2D eigenvalue weighted by Crippen LogP contribution is -2.25. The van der Waals surface area contributed by atoms with E-state index in [0.717, 1.165) is 12.0 Å². The third-order valence-corrected chi connectivity index (χ3v) is 4.61. The fraction of sp³-hybridized carbons (Fsp3) is 0.286. The van der Waals surface area contributed by atoms with Gasteiger partial charge in [0.2, 0.25) is 5.91 Å². The van der Waals surface area contributed by atoms with E-state index >= 15 is 0 Å². The molecule has 6 heteroatoms. The SMILES string of the molecule is CCCNC(=O)/C(C)=C(\C)c1cc(F)cc(-c2ccc([N+](=O)O)cc2)c1C. The lowest BCUT2D eigenvalue weighted by molar-refractivity contribution is -0.729. The van der Waals surface area contributed by atoms with Crippen molar-refractivity contribution < 1.29 is 19.3 Å². The number of rotatable bonds is 6. The second kappa shape index (κ2) is 8.58. The molecule has 0 aliphatic heterocycles. The smallest absolute Gasteiger partial charge is 0.316 e. The fourth-order valence-electron chi connectivity index (χ4n) is 2.88. The highest BCUT2D eigenvalue weighted by Gasteiger charge is 2.16. The Kier molecular flexibility index (Phi) is 6.45. The van der Waals surface area contributed by atoms with Crippen LogP contribution in [0.4, 0.5) is 10.1 Å². The second-order valence-electron chi connectivity index (χ2n) is 6.45. The molecule has 0 radical (unpaired) electrons. The van der Waals surface area contributed by atoms with Crippen LogP contribution in [0.3, 0.4) is 0 Å². The topological polar surface area (TPSA) is 69.4 Å². The number of carbonyl (C=O) groups excluding carboxylic acids is 1. The first-order valence-corrected chi connectivity index (χ1v) is 8.79. The Morgan fingerprint density at radius 1 is 1.19 bits per heavy atom. The number of benzene rings is 2. The zero-order valence-electron chi connectivity index (χ0n) is 16.0. The molecule has 2 aromatic rings. The molecule has 1 amide bonds. The zero-order valence-corrected chi connectivity index (χ0v) is 16.0. The largest absolute Gasteiger partial charge is 0.352 e. The molecular weight excluding hydrogens is 347 g/mol. The van der Waals surface area contributed by atoms with Gasteiger partial charge < -0.3 is 5.32 Å². The average Bonchev–Trinajstić information content (AvgIpc) is 2.66. The minimum Gasteiger partial charge on any atom is -0.352 e. The highest BCUT2D eigenvalue weighted by molar-refractivity contribution is 6.00. The summed E-state index contributed by atoms with van der Waals surface area (Å²) in [7, 11) is 0. The second-order valence-corrected chi connectivity index (χ2v) is 6.45. The first-order valence-electron chi connectivity index (χ1n) is 8.79. The summed E-state index contributed by atoms with van der Waals surface area (Å²) in [4.78, 5) is 23.0. The fourth-order valence-corrected chi connectivity index (χ4v) is 2.88. The molecule has 27 heavy (non-hydrogen) atoms. The summed E-state index contributed by atoms with van der Waals surface area (Å²) in [5.74, 6) is -0.578. The summed E-state index contributed by atoms with van der Waals surface area (Å²) in [6, 6.07) is 9.04. The van der Waals surface area contributed by atoms with Crippen LogP contribution in [0.1, 0.15) is 38.3 Å². The molecule has 0 spiro atoms. The lowest BCUT2D eigenvalue weighted by Gasteiger charge is -2.15. The Labute approximate surface area is 158 Å². The molecule has 0 aliphatic rings. The van der Waals surface area contributed by atoms with Crippen molar-refractivity contribution in [2.75, 3.05) is 6.54 Å². The molecule has 0 atom stereocenters. The van der Waals surface area contributed by atoms with E-state index in [2.05, 4.69) is 5.32 Å². The van der Waals surface area contributed by atoms with Crippen LogP contribution in [0, 0.1) is 17.6 Å². The summed E-state index contributed by atoms with van der Waals surface area (Å²) in [5, 5.41) is 11.8. The predicted octanol–water partition coefficient (Wildman–Crippen LogP) is 4.92. The number of allylic oxidation sites excluding steroid dienone is 1. The maximum atomic E-state index is 14.3. The minimum absolute atomic E-state index is 0.0903. The van der Waals surface area contributed by atoms with Crippen molar-refractivity contribution >= 4 is 17.2 Å². The summed E-state index contributed by atoms with van der Waals surface area (Å²) >= 11 is 0. The predicted molar refractivity (Wildman–Crippen MR) is 103 cm³/mol. The molecule has 5 nitrogen and oxygen atoms in total. The Hall–Kier alpha value is -3.02. The number of carbonyl (C=O) groups is 1. The van der Waals surface area contributed by atoms with E-state index in [4.69, 9.17) is 5.21 Å². The highest BCUT2D eigenvalue weighted by Crippen LogP contribution is 2.32. The summed E-state index contributed by atoms with van der Waals surface area (Å²) in [5.41, 5.74) is 4.19. The van der Waals surface area contributed by atoms with Gasteiger partial charge in [0.15, 0.2) is 0 Å². The molecule has 2 N–H and O–H groups in total. The molecule has 0 saturated heterocycles. The molecule has 0 aliphatic carbocycles. The van der Waals surface area contributed by atoms with Gasteiger partial charge >= 0.3 is 5.69 Å². The van der Waals surface area contributed by atoms with Crippen LogP contribution < -0.4 is 5.32 Å². The summed E-state index contributed by atoms with van der Waals surface area (Å²) in [6.07, 6.45) is 0.839. The van der Waals surface area contributed by atoms with E-state index in [1.807, 2.05) is 13.8 Å². The van der Waals surface area contributed by atoms with Gasteiger partial charge in [0, 0.05) is 24.3 Å². The number of halogens is 1. The van der Waals surface area contributed by atoms with Gasteiger partial charge in [-0.1, -0.05) is 6.92 Å². The van der Waals surface area contributed by atoms with Crippen molar-refractivity contribution in [2.24, 2.45) is 0 Å². The Morgan fingerprint density at radius 2 is 1.81 bits per heavy atom. The van der Waals surface area contributed by atoms with Crippen LogP contribution >= 0.6 is 0 Å². The Bertz CT molecular complexity index is 902. The van der Waals surface area contributed by atoms with Gasteiger partial charge in [-0.15, -0.1) is 0 Å². The third kappa shape index (κ3) is 4.58. The van der Waals surface area contributed by atoms with Crippen LogP contribution in [0.5, 0.6) is 0 Å². The zero-order chi connectivity index (χ0) is 20.1. The van der Waals surface area contributed by atoms with E-state index in [1.165, 1.54) is 24.3 Å². The van der Waals surface area contributed by atoms with E-state index < -0.39 is 5.82 Å². The molecule has 0 fully saturated rings. The van der Waals surface area contributed by atoms with Gasteiger partial charge in [0.1, 0.15) is 5.82 Å². The number of nitrogens with zero attached hydrogens (tertiary/aromatic N) is 1. The third-order valence-electron chi connectivity index (χ3n) is 4.61. The molecule has 2 aromatic carbocycles. The monoisotopic (exact) mass is 371 g/mol. The van der Waals surface area contributed by atoms with Crippen molar-refractivity contribution in [1.82, 2.24) is 5.32 Å². The summed E-state index contributed by atoms with van der Waals surface area (Å²) < 4.78 is 14.3. The number of nitrogens with one attached hydrogen (secondary N) is 1. The van der Waals surface area contributed by atoms with Crippen molar-refractivity contribution in [3.63, 3.8) is 0 Å². The normalized spacial score (nSPS) is 11.7. The van der Waals surface area contributed by atoms with Gasteiger partial charge in [-0.3, -0.25) is 4.79 Å². The van der Waals surface area contributed by atoms with Crippen LogP contribution in [-0.4, -0.2) is 22.6 Å². The molecule has 2 rings (SSSR count). The standard InChI is InChI=1S/C21H23FN2O3/c1-5-10-23-21(25)14(3)13(2)19-11-17(22)12-20(15(19)4)16-6-8-18(9-7-16)24(26)27/h6-9,11-12H,5,10H2,1-4H3,(H-,23,25,26,27)/p+1/b14-13+. The van der Waals surface area contributed by atoms with Gasteiger partial charge in [-0.25, -0.2) is 9.60 Å². The molecule has 0 aromatic heterocycles. The average molecular weight is 371 g/mol. The minimum atomic E-state index is -0.414. The van der Waals surface area contributed by atoms with Crippen molar-refractivity contribution in [1.29, 1.82) is 0 Å². The first-order chi connectivity index (χ1) is 12.8. The van der Waals surface area contributed by atoms with E-state index in [-0.39, 0.29) is 16.5 Å². The molecule has 0 bridgehead atoms. The van der Waals surface area contributed by atoms with Crippen LogP contribution in [-0.2, 0) is 4.79 Å². The molecular formula is C21H24FN2O3+. The Morgan fingerprint density at radius 3 is 2.37 bits per heavy atom. The molecule has 0 unspecified atom stereocenters. The quantitative estimate of drug-likeness (QED) is 0.559. The number of hydrogen-bond acceptors (Lipinski definition) is 2. The first kappa shape index (κ1) is 20.3. The molecule has 0 saturated carbocycles. The maximum Gasteiger partial charge on any atom is 0.316 e. The van der Waals surface area contributed by atoms with E-state index in [1.54, 1.807) is 26.0 Å². The molecule has 142 valence electrons. The highest BCUT2D eigenvalue weighted by atomic mass is 19.1. The van der Waals surface area contributed by atoms with E-state index in [9.17, 15) is 14.1 Å². The van der Waals surface area contributed by atoms with Crippen LogP contribution in [0.25, 0.3) is 16.7 Å².